The van der Waals surface area contributed by atoms with E-state index in [-0.39, 0.29) is 11.6 Å². The number of anilines is 4. The van der Waals surface area contributed by atoms with Crippen LogP contribution >= 0.6 is 0 Å². The third kappa shape index (κ3) is 4.18. The zero-order chi connectivity index (χ0) is 18.6. The Hall–Kier alpha value is -3.36. The number of halogens is 3. The first kappa shape index (κ1) is 17.5. The summed E-state index contributed by atoms with van der Waals surface area (Å²) >= 11 is 0. The van der Waals surface area contributed by atoms with E-state index >= 15 is 0 Å². The fourth-order valence-electron chi connectivity index (χ4n) is 2.20. The maximum absolute atomic E-state index is 13.1. The van der Waals surface area contributed by atoms with E-state index < -0.39 is 11.7 Å². The topological polar surface area (TPSA) is 72.0 Å². The van der Waals surface area contributed by atoms with Crippen molar-refractivity contribution in [1.82, 2.24) is 15.2 Å². The zero-order valence-corrected chi connectivity index (χ0v) is 13.6. The third-order valence-electron chi connectivity index (χ3n) is 3.40. The normalized spacial score (nSPS) is 11.1. The molecule has 0 aliphatic carbocycles. The molecule has 2 N–H and O–H groups in total. The lowest BCUT2D eigenvalue weighted by Gasteiger charge is -2.13. The van der Waals surface area contributed by atoms with Crippen molar-refractivity contribution in [3.8, 4) is 5.75 Å². The first-order valence-corrected chi connectivity index (χ1v) is 7.50. The number of hydrogen-bond acceptors (Lipinski definition) is 6. The second-order valence-electron chi connectivity index (χ2n) is 5.19. The van der Waals surface area contributed by atoms with Crippen LogP contribution in [0, 0.1) is 0 Å². The van der Waals surface area contributed by atoms with Gasteiger partial charge in [-0.1, -0.05) is 12.1 Å². The van der Waals surface area contributed by atoms with Gasteiger partial charge < -0.3 is 15.4 Å². The van der Waals surface area contributed by atoms with Crippen LogP contribution in [0.4, 0.5) is 36.3 Å². The second kappa shape index (κ2) is 7.26. The molecular formula is C17H14F3N5O. The van der Waals surface area contributed by atoms with Gasteiger partial charge in [0.05, 0.1) is 24.6 Å². The molecule has 0 radical (unpaired) electrons. The van der Waals surface area contributed by atoms with Crippen molar-refractivity contribution in [2.45, 2.75) is 6.18 Å². The SMILES string of the molecule is COc1ccc(Nc2cnnc(Nc3ccccc3C(F)(F)F)n2)cc1. The number of aromatic nitrogens is 3. The van der Waals surface area contributed by atoms with E-state index in [9.17, 15) is 13.2 Å². The van der Waals surface area contributed by atoms with Crippen LogP contribution in [0.3, 0.4) is 0 Å². The van der Waals surface area contributed by atoms with Crippen LogP contribution in [0.5, 0.6) is 5.75 Å². The number of para-hydroxylation sites is 1. The fraction of sp³-hybridized carbons (Fsp3) is 0.118. The van der Waals surface area contributed by atoms with Crippen molar-refractivity contribution in [3.63, 3.8) is 0 Å². The van der Waals surface area contributed by atoms with E-state index in [0.29, 0.717) is 17.3 Å². The number of alkyl halides is 3. The molecule has 0 spiro atoms. The largest absolute Gasteiger partial charge is 0.497 e. The molecule has 0 saturated carbocycles. The molecule has 1 heterocycles. The lowest BCUT2D eigenvalue weighted by Crippen LogP contribution is -2.10. The molecule has 1 aromatic heterocycles. The summed E-state index contributed by atoms with van der Waals surface area (Å²) in [4.78, 5) is 4.13. The fourth-order valence-corrected chi connectivity index (χ4v) is 2.20. The second-order valence-corrected chi connectivity index (χ2v) is 5.19. The highest BCUT2D eigenvalue weighted by Crippen LogP contribution is 2.35. The van der Waals surface area contributed by atoms with Crippen LogP contribution in [0.15, 0.2) is 54.7 Å². The molecule has 0 fully saturated rings. The molecule has 0 atom stereocenters. The average molecular weight is 361 g/mol. The molecule has 0 aliphatic heterocycles. The van der Waals surface area contributed by atoms with Gasteiger partial charge in [-0.2, -0.15) is 23.3 Å². The zero-order valence-electron chi connectivity index (χ0n) is 13.6. The van der Waals surface area contributed by atoms with Gasteiger partial charge in [0.1, 0.15) is 5.75 Å². The monoisotopic (exact) mass is 361 g/mol. The van der Waals surface area contributed by atoms with Crippen LogP contribution in [0.1, 0.15) is 5.56 Å². The van der Waals surface area contributed by atoms with Gasteiger partial charge >= 0.3 is 6.18 Å². The van der Waals surface area contributed by atoms with Crippen LogP contribution in [0.25, 0.3) is 0 Å². The number of ether oxygens (including phenoxy) is 1. The summed E-state index contributed by atoms with van der Waals surface area (Å²) < 4.78 is 44.3. The summed E-state index contributed by atoms with van der Waals surface area (Å²) in [5, 5.41) is 13.0. The summed E-state index contributed by atoms with van der Waals surface area (Å²) in [7, 11) is 1.56. The first-order valence-electron chi connectivity index (χ1n) is 7.50. The number of nitrogens with one attached hydrogen (secondary N) is 2. The lowest BCUT2D eigenvalue weighted by molar-refractivity contribution is -0.136. The van der Waals surface area contributed by atoms with E-state index in [1.54, 1.807) is 31.4 Å². The van der Waals surface area contributed by atoms with Gasteiger partial charge in [0, 0.05) is 5.69 Å². The van der Waals surface area contributed by atoms with Gasteiger partial charge in [0.2, 0.25) is 5.95 Å². The Kier molecular flexibility index (Phi) is 4.87. The molecule has 26 heavy (non-hydrogen) atoms. The standard InChI is InChI=1S/C17H14F3N5O/c1-26-12-8-6-11(7-9-12)22-15-10-21-25-16(24-15)23-14-5-3-2-4-13(14)17(18,19)20/h2-10H,1H3,(H2,22,23,24,25). The van der Waals surface area contributed by atoms with E-state index in [1.807, 2.05) is 0 Å². The van der Waals surface area contributed by atoms with Crippen molar-refractivity contribution >= 4 is 23.1 Å². The minimum Gasteiger partial charge on any atom is -0.497 e. The van der Waals surface area contributed by atoms with Crippen LogP contribution in [-0.4, -0.2) is 22.3 Å². The number of methoxy groups -OCH3 is 1. The highest BCUT2D eigenvalue weighted by atomic mass is 19.4. The first-order chi connectivity index (χ1) is 12.5. The molecule has 3 aromatic rings. The van der Waals surface area contributed by atoms with Gasteiger partial charge in [-0.05, 0) is 36.4 Å². The van der Waals surface area contributed by atoms with Crippen molar-refractivity contribution in [1.29, 1.82) is 0 Å². The molecule has 3 rings (SSSR count). The molecule has 0 saturated heterocycles. The minimum atomic E-state index is -4.49. The summed E-state index contributed by atoms with van der Waals surface area (Å²) in [6.07, 6.45) is -3.12. The number of rotatable bonds is 5. The molecule has 0 amide bonds. The van der Waals surface area contributed by atoms with Crippen molar-refractivity contribution in [2.75, 3.05) is 17.7 Å². The van der Waals surface area contributed by atoms with Crippen molar-refractivity contribution < 1.29 is 17.9 Å². The van der Waals surface area contributed by atoms with Crippen molar-refractivity contribution in [3.05, 3.63) is 60.3 Å². The summed E-state index contributed by atoms with van der Waals surface area (Å²) in [6, 6.07) is 12.1. The molecule has 134 valence electrons. The average Bonchev–Trinajstić information content (AvgIpc) is 2.62. The lowest BCUT2D eigenvalue weighted by atomic mass is 10.1. The molecule has 9 heteroatoms. The Balaban J connectivity index is 1.80. The van der Waals surface area contributed by atoms with E-state index in [4.69, 9.17) is 4.74 Å². The van der Waals surface area contributed by atoms with Crippen LogP contribution < -0.4 is 15.4 Å². The third-order valence-corrected chi connectivity index (χ3v) is 3.40. The molecular weight excluding hydrogens is 347 g/mol. The van der Waals surface area contributed by atoms with Gasteiger partial charge in [-0.15, -0.1) is 5.10 Å². The van der Waals surface area contributed by atoms with Crippen LogP contribution in [-0.2, 0) is 6.18 Å². The maximum atomic E-state index is 13.1. The summed E-state index contributed by atoms with van der Waals surface area (Å²) in [6.45, 7) is 0. The van der Waals surface area contributed by atoms with Gasteiger partial charge in [0.15, 0.2) is 5.82 Å². The van der Waals surface area contributed by atoms with Gasteiger partial charge in [-0.25, -0.2) is 0 Å². The Labute approximate surface area is 147 Å². The molecule has 0 unspecified atom stereocenters. The number of benzene rings is 2. The Morgan fingerprint density at radius 1 is 0.962 bits per heavy atom. The predicted molar refractivity (Wildman–Crippen MR) is 90.8 cm³/mol. The van der Waals surface area contributed by atoms with E-state index in [0.717, 1.165) is 6.07 Å². The smallest absolute Gasteiger partial charge is 0.418 e. The molecule has 2 aromatic carbocycles. The Morgan fingerprint density at radius 3 is 2.38 bits per heavy atom. The molecule has 0 aliphatic rings. The Morgan fingerprint density at radius 2 is 1.69 bits per heavy atom. The number of nitrogens with zero attached hydrogens (tertiary/aromatic N) is 3. The minimum absolute atomic E-state index is 0.0554. The van der Waals surface area contributed by atoms with E-state index in [2.05, 4.69) is 25.8 Å². The van der Waals surface area contributed by atoms with Gasteiger partial charge in [0.25, 0.3) is 0 Å². The highest BCUT2D eigenvalue weighted by molar-refractivity contribution is 5.61. The summed E-state index contributed by atoms with van der Waals surface area (Å²) in [5.41, 5.74) is -0.242. The van der Waals surface area contributed by atoms with Crippen molar-refractivity contribution in [2.24, 2.45) is 0 Å². The molecule has 0 bridgehead atoms. The predicted octanol–water partition coefficient (Wildman–Crippen LogP) is 4.39. The molecule has 6 nitrogen and oxygen atoms in total. The number of hydrogen-bond donors (Lipinski definition) is 2. The highest BCUT2D eigenvalue weighted by Gasteiger charge is 2.33. The van der Waals surface area contributed by atoms with E-state index in [1.165, 1.54) is 24.4 Å². The van der Waals surface area contributed by atoms with Crippen LogP contribution in [0.2, 0.25) is 0 Å². The van der Waals surface area contributed by atoms with Gasteiger partial charge in [-0.3, -0.25) is 0 Å². The quantitative estimate of drug-likeness (QED) is 0.702. The maximum Gasteiger partial charge on any atom is 0.418 e. The summed E-state index contributed by atoms with van der Waals surface area (Å²) in [5.74, 6) is 0.972. The Bertz CT molecular complexity index is 884.